The third-order valence-electron chi connectivity index (χ3n) is 8.58. The smallest absolute Gasteiger partial charge is 0.226 e. The van der Waals surface area contributed by atoms with Crippen molar-refractivity contribution in [2.24, 2.45) is 23.2 Å². The quantitative estimate of drug-likeness (QED) is 0.216. The van der Waals surface area contributed by atoms with E-state index in [1.54, 1.807) is 0 Å². The molecule has 0 bridgehead atoms. The predicted molar refractivity (Wildman–Crippen MR) is 162 cm³/mol. The van der Waals surface area contributed by atoms with E-state index in [1.807, 2.05) is 0 Å². The molecule has 2 aliphatic rings. The number of rotatable bonds is 11. The number of likely N-dealkylation sites (tertiary alicyclic amines) is 1. The van der Waals surface area contributed by atoms with Crippen LogP contribution >= 0.6 is 0 Å². The summed E-state index contributed by atoms with van der Waals surface area (Å²) < 4.78 is 0. The molecule has 212 valence electrons. The molecule has 1 aromatic carbocycles. The van der Waals surface area contributed by atoms with E-state index in [9.17, 15) is 4.79 Å². The third-order valence-corrected chi connectivity index (χ3v) is 8.58. The van der Waals surface area contributed by atoms with Crippen LogP contribution in [0.4, 0.5) is 0 Å². The number of piperidine rings is 1. The standard InChI is InChI=1S/C35H56N2O/c1-7-8-9-11-29-14-16-32(17-15-29)34(38)37(33-20-24-36(25-21-33)23-19-28(2)3)27-31-13-10-12-30(26-31)18-22-35(4,5)6/h10,12-13,26,28-29,32-33H,7-9,11,14-17,19-21,23-25,27H2,1-6H3/t29-,32-. The summed E-state index contributed by atoms with van der Waals surface area (Å²) in [6.45, 7) is 17.5. The van der Waals surface area contributed by atoms with Crippen molar-refractivity contribution >= 4 is 5.91 Å². The van der Waals surface area contributed by atoms with Gasteiger partial charge in [0, 0.05) is 42.6 Å². The van der Waals surface area contributed by atoms with Crippen LogP contribution in [-0.2, 0) is 11.3 Å². The van der Waals surface area contributed by atoms with Gasteiger partial charge in [-0.2, -0.15) is 0 Å². The van der Waals surface area contributed by atoms with Gasteiger partial charge < -0.3 is 9.80 Å². The zero-order valence-electron chi connectivity index (χ0n) is 25.5. The van der Waals surface area contributed by atoms with E-state index >= 15 is 0 Å². The van der Waals surface area contributed by atoms with Gasteiger partial charge in [-0.3, -0.25) is 4.79 Å². The molecule has 1 aliphatic heterocycles. The Labute approximate surface area is 235 Å². The van der Waals surface area contributed by atoms with Crippen molar-refractivity contribution < 1.29 is 4.79 Å². The Morgan fingerprint density at radius 1 is 1.05 bits per heavy atom. The summed E-state index contributed by atoms with van der Waals surface area (Å²) in [7, 11) is 0. The first-order chi connectivity index (χ1) is 18.1. The van der Waals surface area contributed by atoms with E-state index in [0.717, 1.165) is 62.7 Å². The van der Waals surface area contributed by atoms with Gasteiger partial charge in [0.1, 0.15) is 0 Å². The fraction of sp³-hybridized carbons (Fsp3) is 0.743. The number of carbonyl (C=O) groups is 1. The molecule has 1 saturated heterocycles. The number of benzene rings is 1. The van der Waals surface area contributed by atoms with Gasteiger partial charge >= 0.3 is 0 Å². The monoisotopic (exact) mass is 520 g/mol. The topological polar surface area (TPSA) is 23.6 Å². The summed E-state index contributed by atoms with van der Waals surface area (Å²) in [6.07, 6.45) is 13.4. The van der Waals surface area contributed by atoms with Crippen LogP contribution in [0.15, 0.2) is 24.3 Å². The second-order valence-electron chi connectivity index (χ2n) is 13.6. The minimum absolute atomic E-state index is 0.0169. The van der Waals surface area contributed by atoms with E-state index in [4.69, 9.17) is 0 Å². The Hall–Kier alpha value is -1.79. The molecule has 3 nitrogen and oxygen atoms in total. The Morgan fingerprint density at radius 3 is 2.39 bits per heavy atom. The van der Waals surface area contributed by atoms with Gasteiger partial charge in [-0.05, 0) is 102 Å². The molecule has 0 unspecified atom stereocenters. The molecular weight excluding hydrogens is 464 g/mol. The van der Waals surface area contributed by atoms with Crippen molar-refractivity contribution in [2.45, 2.75) is 125 Å². The molecule has 0 radical (unpaired) electrons. The average Bonchev–Trinajstić information content (AvgIpc) is 2.90. The second-order valence-corrected chi connectivity index (χ2v) is 13.6. The Kier molecular flexibility index (Phi) is 12.2. The van der Waals surface area contributed by atoms with Crippen molar-refractivity contribution in [1.82, 2.24) is 9.80 Å². The van der Waals surface area contributed by atoms with Crippen LogP contribution in [0, 0.1) is 35.0 Å². The fourth-order valence-corrected chi connectivity index (χ4v) is 6.10. The highest BCUT2D eigenvalue weighted by Crippen LogP contribution is 2.34. The lowest BCUT2D eigenvalue weighted by atomic mass is 9.79. The Bertz CT molecular complexity index is 902. The maximum absolute atomic E-state index is 14.1. The van der Waals surface area contributed by atoms with Crippen LogP contribution in [0.1, 0.15) is 123 Å². The van der Waals surface area contributed by atoms with E-state index in [1.165, 1.54) is 57.1 Å². The van der Waals surface area contributed by atoms with Crippen LogP contribution < -0.4 is 0 Å². The summed E-state index contributed by atoms with van der Waals surface area (Å²) in [5, 5.41) is 0. The minimum Gasteiger partial charge on any atom is -0.335 e. The van der Waals surface area contributed by atoms with Crippen LogP contribution in [0.25, 0.3) is 0 Å². The number of carbonyl (C=O) groups excluding carboxylic acids is 1. The molecule has 0 spiro atoms. The fourth-order valence-electron chi connectivity index (χ4n) is 6.10. The average molecular weight is 521 g/mol. The zero-order chi connectivity index (χ0) is 27.5. The first kappa shape index (κ1) is 30.7. The summed E-state index contributed by atoms with van der Waals surface area (Å²) in [4.78, 5) is 19.0. The maximum atomic E-state index is 14.1. The molecule has 38 heavy (non-hydrogen) atoms. The van der Waals surface area contributed by atoms with Gasteiger partial charge in [0.25, 0.3) is 0 Å². The Morgan fingerprint density at radius 2 is 1.76 bits per heavy atom. The van der Waals surface area contributed by atoms with Crippen LogP contribution in [-0.4, -0.2) is 41.4 Å². The van der Waals surface area contributed by atoms with Crippen molar-refractivity contribution in [3.8, 4) is 11.8 Å². The minimum atomic E-state index is -0.0169. The summed E-state index contributed by atoms with van der Waals surface area (Å²) in [6, 6.07) is 8.96. The molecule has 3 heteroatoms. The first-order valence-corrected chi connectivity index (χ1v) is 15.8. The summed E-state index contributed by atoms with van der Waals surface area (Å²) in [5.74, 6) is 8.94. The van der Waals surface area contributed by atoms with Gasteiger partial charge in [0.15, 0.2) is 0 Å². The molecule has 1 aromatic rings. The highest BCUT2D eigenvalue weighted by atomic mass is 16.2. The summed E-state index contributed by atoms with van der Waals surface area (Å²) in [5.41, 5.74) is 2.26. The number of unbranched alkanes of at least 4 members (excludes halogenated alkanes) is 2. The van der Waals surface area contributed by atoms with Gasteiger partial charge in [-0.15, -0.1) is 0 Å². The number of amides is 1. The lowest BCUT2D eigenvalue weighted by molar-refractivity contribution is -0.141. The zero-order valence-corrected chi connectivity index (χ0v) is 25.5. The van der Waals surface area contributed by atoms with E-state index in [2.05, 4.69) is 87.4 Å². The number of hydrogen-bond acceptors (Lipinski definition) is 2. The molecule has 1 saturated carbocycles. The molecule has 3 rings (SSSR count). The largest absolute Gasteiger partial charge is 0.335 e. The van der Waals surface area contributed by atoms with Crippen molar-refractivity contribution in [2.75, 3.05) is 19.6 Å². The molecule has 1 amide bonds. The predicted octanol–water partition coefficient (Wildman–Crippen LogP) is 8.31. The first-order valence-electron chi connectivity index (χ1n) is 15.8. The molecular formula is C35H56N2O. The second kappa shape index (κ2) is 15.1. The van der Waals surface area contributed by atoms with Gasteiger partial charge in [-0.25, -0.2) is 0 Å². The van der Waals surface area contributed by atoms with Crippen LogP contribution in [0.5, 0.6) is 0 Å². The highest BCUT2D eigenvalue weighted by Gasteiger charge is 2.34. The van der Waals surface area contributed by atoms with Crippen LogP contribution in [0.3, 0.4) is 0 Å². The number of nitrogens with zero attached hydrogens (tertiary/aromatic N) is 2. The van der Waals surface area contributed by atoms with Gasteiger partial charge in [-0.1, -0.05) is 70.4 Å². The lowest BCUT2D eigenvalue weighted by Gasteiger charge is -2.41. The number of hydrogen-bond donors (Lipinski definition) is 0. The van der Waals surface area contributed by atoms with Gasteiger partial charge in [0.2, 0.25) is 5.91 Å². The molecule has 0 aromatic heterocycles. The molecule has 0 N–H and O–H groups in total. The van der Waals surface area contributed by atoms with Crippen molar-refractivity contribution in [1.29, 1.82) is 0 Å². The SMILES string of the molecule is CCCCC[C@H]1CC[C@H](C(=O)N(Cc2cccc(C#CC(C)(C)C)c2)C2CCN(CCC(C)C)CC2)CC1. The van der Waals surface area contributed by atoms with E-state index < -0.39 is 0 Å². The molecule has 1 heterocycles. The van der Waals surface area contributed by atoms with Crippen molar-refractivity contribution in [3.05, 3.63) is 35.4 Å². The van der Waals surface area contributed by atoms with E-state index in [0.29, 0.717) is 11.9 Å². The Balaban J connectivity index is 1.69. The third kappa shape index (κ3) is 10.4. The van der Waals surface area contributed by atoms with Crippen molar-refractivity contribution in [3.63, 3.8) is 0 Å². The summed E-state index contributed by atoms with van der Waals surface area (Å²) >= 11 is 0. The van der Waals surface area contributed by atoms with E-state index in [-0.39, 0.29) is 11.3 Å². The highest BCUT2D eigenvalue weighted by molar-refractivity contribution is 5.79. The lowest BCUT2D eigenvalue weighted by Crippen LogP contribution is -2.49. The van der Waals surface area contributed by atoms with Gasteiger partial charge in [0.05, 0.1) is 0 Å². The molecule has 0 atom stereocenters. The maximum Gasteiger partial charge on any atom is 0.226 e. The molecule has 1 aliphatic carbocycles. The normalized spacial score (nSPS) is 21.2. The van der Waals surface area contributed by atoms with Crippen LogP contribution in [0.2, 0.25) is 0 Å². The molecule has 2 fully saturated rings.